The van der Waals surface area contributed by atoms with Crippen molar-refractivity contribution in [2.24, 2.45) is 0 Å². The summed E-state index contributed by atoms with van der Waals surface area (Å²) in [6.45, 7) is 0. The second-order valence-electron chi connectivity index (χ2n) is 3.45. The van der Waals surface area contributed by atoms with Gasteiger partial charge in [0.25, 0.3) is 5.69 Å². The first-order chi connectivity index (χ1) is 8.22. The van der Waals surface area contributed by atoms with E-state index in [1.54, 1.807) is 36.4 Å². The van der Waals surface area contributed by atoms with Gasteiger partial charge in [0.15, 0.2) is 0 Å². The molecular weight excluding hydrogens is 218 g/mol. The topological polar surface area (TPSA) is 60.2 Å². The van der Waals surface area contributed by atoms with Crippen molar-refractivity contribution in [2.45, 2.75) is 0 Å². The molecule has 83 valence electrons. The first kappa shape index (κ1) is 11.0. The molecule has 0 atom stereocenters. The number of rotatable bonds is 3. The molecule has 0 aliphatic rings. The molecule has 0 aliphatic carbocycles. The van der Waals surface area contributed by atoms with E-state index in [0.29, 0.717) is 5.56 Å². The summed E-state index contributed by atoms with van der Waals surface area (Å²) in [6.07, 6.45) is 1.85. The molecule has 2 aromatic carbocycles. The third-order valence-electron chi connectivity index (χ3n) is 2.43. The Morgan fingerprint density at radius 2 is 1.65 bits per heavy atom. The number of nitrogens with zero attached hydrogens (tertiary/aromatic N) is 1. The summed E-state index contributed by atoms with van der Waals surface area (Å²) >= 11 is 0. The summed E-state index contributed by atoms with van der Waals surface area (Å²) in [4.78, 5) is 20.8. The summed E-state index contributed by atoms with van der Waals surface area (Å²) in [5.41, 5.74) is 1.95. The number of hydrogen-bond donors (Lipinski definition) is 0. The lowest BCUT2D eigenvalue weighted by Crippen LogP contribution is -1.89. The van der Waals surface area contributed by atoms with Crippen molar-refractivity contribution < 1.29 is 9.72 Å². The normalized spacial score (nSPS) is 9.88. The molecule has 4 heteroatoms. The van der Waals surface area contributed by atoms with Crippen molar-refractivity contribution in [3.63, 3.8) is 0 Å². The SMILES string of the molecule is O=[C]c1ccccc1-c1ccc([N+](=O)[O-])cc1. The van der Waals surface area contributed by atoms with Crippen molar-refractivity contribution in [1.29, 1.82) is 0 Å². The van der Waals surface area contributed by atoms with Gasteiger partial charge < -0.3 is 0 Å². The van der Waals surface area contributed by atoms with Gasteiger partial charge in [-0.25, -0.2) is 0 Å². The van der Waals surface area contributed by atoms with Crippen LogP contribution in [0.3, 0.4) is 0 Å². The van der Waals surface area contributed by atoms with Gasteiger partial charge in [-0.1, -0.05) is 24.3 Å². The van der Waals surface area contributed by atoms with Crippen LogP contribution in [0.5, 0.6) is 0 Å². The largest absolute Gasteiger partial charge is 0.285 e. The van der Waals surface area contributed by atoms with E-state index < -0.39 is 4.92 Å². The van der Waals surface area contributed by atoms with E-state index in [4.69, 9.17) is 0 Å². The predicted molar refractivity (Wildman–Crippen MR) is 63.3 cm³/mol. The maximum absolute atomic E-state index is 10.7. The first-order valence-electron chi connectivity index (χ1n) is 4.94. The Labute approximate surface area is 97.7 Å². The van der Waals surface area contributed by atoms with Gasteiger partial charge in [0.2, 0.25) is 6.29 Å². The van der Waals surface area contributed by atoms with Gasteiger partial charge in [-0.05, 0) is 23.3 Å². The van der Waals surface area contributed by atoms with Gasteiger partial charge in [-0.15, -0.1) is 0 Å². The molecule has 17 heavy (non-hydrogen) atoms. The number of hydrogen-bond acceptors (Lipinski definition) is 3. The second-order valence-corrected chi connectivity index (χ2v) is 3.45. The van der Waals surface area contributed by atoms with Gasteiger partial charge in [0.1, 0.15) is 0 Å². The highest BCUT2D eigenvalue weighted by Crippen LogP contribution is 2.24. The molecule has 4 nitrogen and oxygen atoms in total. The van der Waals surface area contributed by atoms with E-state index in [-0.39, 0.29) is 5.69 Å². The molecule has 0 spiro atoms. The zero-order valence-corrected chi connectivity index (χ0v) is 8.79. The van der Waals surface area contributed by atoms with E-state index in [1.165, 1.54) is 12.1 Å². The first-order valence-corrected chi connectivity index (χ1v) is 4.94. The maximum atomic E-state index is 10.7. The fourth-order valence-corrected chi connectivity index (χ4v) is 1.59. The van der Waals surface area contributed by atoms with E-state index in [2.05, 4.69) is 0 Å². The third-order valence-corrected chi connectivity index (χ3v) is 2.43. The van der Waals surface area contributed by atoms with Gasteiger partial charge in [0.05, 0.1) is 4.92 Å². The Hall–Kier alpha value is -2.49. The highest BCUT2D eigenvalue weighted by atomic mass is 16.6. The van der Waals surface area contributed by atoms with E-state index in [0.717, 1.165) is 11.1 Å². The monoisotopic (exact) mass is 226 g/mol. The summed E-state index contributed by atoms with van der Waals surface area (Å²) in [5, 5.41) is 10.5. The number of benzene rings is 2. The van der Waals surface area contributed by atoms with Crippen molar-refractivity contribution in [1.82, 2.24) is 0 Å². The average molecular weight is 226 g/mol. The summed E-state index contributed by atoms with van der Waals surface area (Å²) in [5.74, 6) is 0. The Balaban J connectivity index is 2.46. The van der Waals surface area contributed by atoms with Crippen LogP contribution in [-0.2, 0) is 4.79 Å². The lowest BCUT2D eigenvalue weighted by molar-refractivity contribution is -0.384. The number of nitro benzene ring substituents is 1. The Morgan fingerprint density at radius 1 is 1.00 bits per heavy atom. The molecule has 2 rings (SSSR count). The molecule has 0 bridgehead atoms. The van der Waals surface area contributed by atoms with Gasteiger partial charge in [-0.3, -0.25) is 14.9 Å². The van der Waals surface area contributed by atoms with Crippen LogP contribution in [0.15, 0.2) is 48.5 Å². The maximum Gasteiger partial charge on any atom is 0.269 e. The minimum Gasteiger partial charge on any atom is -0.285 e. The van der Waals surface area contributed by atoms with Crippen LogP contribution in [0.4, 0.5) is 5.69 Å². The molecule has 0 aromatic heterocycles. The fourth-order valence-electron chi connectivity index (χ4n) is 1.59. The molecule has 1 radical (unpaired) electrons. The average Bonchev–Trinajstić information content (AvgIpc) is 2.39. The van der Waals surface area contributed by atoms with E-state index in [1.807, 2.05) is 6.29 Å². The van der Waals surface area contributed by atoms with Crippen LogP contribution < -0.4 is 0 Å². The highest BCUT2D eigenvalue weighted by molar-refractivity contribution is 5.87. The molecule has 0 N–H and O–H groups in total. The van der Waals surface area contributed by atoms with Crippen molar-refractivity contribution in [2.75, 3.05) is 0 Å². The quantitative estimate of drug-likeness (QED) is 0.597. The molecule has 2 aromatic rings. The van der Waals surface area contributed by atoms with Crippen molar-refractivity contribution in [3.05, 3.63) is 64.2 Å². The Kier molecular flexibility index (Phi) is 2.96. The van der Waals surface area contributed by atoms with Gasteiger partial charge in [0, 0.05) is 17.7 Å². The van der Waals surface area contributed by atoms with E-state index >= 15 is 0 Å². The molecule has 0 unspecified atom stereocenters. The molecule has 0 heterocycles. The second kappa shape index (κ2) is 4.57. The smallest absolute Gasteiger partial charge is 0.269 e. The third kappa shape index (κ3) is 2.20. The van der Waals surface area contributed by atoms with Crippen LogP contribution in [0.1, 0.15) is 5.56 Å². The number of non-ortho nitro benzene ring substituents is 1. The fraction of sp³-hybridized carbons (Fsp3) is 0. The van der Waals surface area contributed by atoms with Crippen LogP contribution in [0.2, 0.25) is 0 Å². The van der Waals surface area contributed by atoms with Crippen LogP contribution >= 0.6 is 0 Å². The molecular formula is C13H8NO3. The molecule has 0 saturated carbocycles. The lowest BCUT2D eigenvalue weighted by Gasteiger charge is -2.03. The molecule has 0 fully saturated rings. The lowest BCUT2D eigenvalue weighted by atomic mass is 10.0. The Morgan fingerprint density at radius 3 is 2.24 bits per heavy atom. The predicted octanol–water partition coefficient (Wildman–Crippen LogP) is 2.72. The molecule has 0 saturated heterocycles. The minimum atomic E-state index is -0.457. The molecule has 0 amide bonds. The summed E-state index contributed by atoms with van der Waals surface area (Å²) in [6, 6.07) is 13.0. The number of carbonyl (C=O) groups excluding carboxylic acids is 1. The zero-order valence-electron chi connectivity index (χ0n) is 8.79. The minimum absolute atomic E-state index is 0.0290. The number of nitro groups is 1. The summed E-state index contributed by atoms with van der Waals surface area (Å²) in [7, 11) is 0. The Bertz CT molecular complexity index is 561. The van der Waals surface area contributed by atoms with Crippen molar-refractivity contribution >= 4 is 12.0 Å². The van der Waals surface area contributed by atoms with E-state index in [9.17, 15) is 14.9 Å². The highest BCUT2D eigenvalue weighted by Gasteiger charge is 2.07. The standard InChI is InChI=1S/C13H8NO3/c15-9-11-3-1-2-4-13(11)10-5-7-12(8-6-10)14(16)17/h1-8H. The zero-order chi connectivity index (χ0) is 12.3. The molecule has 0 aliphatic heterocycles. The van der Waals surface area contributed by atoms with Crippen LogP contribution in [0.25, 0.3) is 11.1 Å². The van der Waals surface area contributed by atoms with Gasteiger partial charge in [-0.2, -0.15) is 0 Å². The van der Waals surface area contributed by atoms with Crippen LogP contribution in [0, 0.1) is 10.1 Å². The van der Waals surface area contributed by atoms with Crippen LogP contribution in [-0.4, -0.2) is 11.2 Å². The summed E-state index contributed by atoms with van der Waals surface area (Å²) < 4.78 is 0. The van der Waals surface area contributed by atoms with Gasteiger partial charge >= 0.3 is 0 Å². The van der Waals surface area contributed by atoms with Crippen molar-refractivity contribution in [3.8, 4) is 11.1 Å².